The predicted octanol–water partition coefficient (Wildman–Crippen LogP) is 3.94. The molecule has 1 rings (SSSR count). The Hall–Kier alpha value is -0.120. The first-order valence-corrected chi connectivity index (χ1v) is 7.59. The van der Waals surface area contributed by atoms with Crippen LogP contribution in [0, 0.1) is 0 Å². The van der Waals surface area contributed by atoms with Gasteiger partial charge in [-0.3, -0.25) is 0 Å². The van der Waals surface area contributed by atoms with Crippen LogP contribution in [0.1, 0.15) is 67.2 Å². The average Bonchev–Trinajstić information content (AvgIpc) is 2.21. The third-order valence-electron chi connectivity index (χ3n) is 3.07. The number of ether oxygens (including phenoxy) is 3. The fourth-order valence-corrected chi connectivity index (χ4v) is 2.42. The average molecular weight is 272 g/mol. The van der Waals surface area contributed by atoms with Crippen LogP contribution in [0.5, 0.6) is 0 Å². The Balaban J connectivity index is 2.20. The Morgan fingerprint density at radius 3 is 2.05 bits per heavy atom. The molecule has 0 spiro atoms. The molecular weight excluding hydrogens is 240 g/mol. The predicted molar refractivity (Wildman–Crippen MR) is 78.5 cm³/mol. The van der Waals surface area contributed by atoms with Crippen LogP contribution < -0.4 is 0 Å². The first-order valence-electron chi connectivity index (χ1n) is 7.59. The molecule has 1 fully saturated rings. The minimum atomic E-state index is -0.0756. The Morgan fingerprint density at radius 1 is 0.842 bits per heavy atom. The molecule has 0 aromatic rings. The lowest BCUT2D eigenvalue weighted by molar-refractivity contribution is -0.112. The second-order valence-electron chi connectivity index (χ2n) is 7.47. The van der Waals surface area contributed by atoms with Gasteiger partial charge < -0.3 is 14.2 Å². The van der Waals surface area contributed by atoms with Crippen LogP contribution in [-0.4, -0.2) is 36.6 Å². The van der Waals surface area contributed by atoms with E-state index in [1.807, 2.05) is 0 Å². The largest absolute Gasteiger partial charge is 0.376 e. The molecule has 114 valence electrons. The van der Waals surface area contributed by atoms with Crippen molar-refractivity contribution in [2.45, 2.75) is 90.6 Å². The van der Waals surface area contributed by atoms with E-state index in [9.17, 15) is 0 Å². The summed E-state index contributed by atoms with van der Waals surface area (Å²) in [5, 5.41) is 0. The Bertz CT molecular complexity index is 250. The van der Waals surface area contributed by atoms with Crippen molar-refractivity contribution >= 4 is 0 Å². The Morgan fingerprint density at radius 2 is 1.47 bits per heavy atom. The zero-order valence-corrected chi connectivity index (χ0v) is 13.6. The molecule has 2 atom stereocenters. The van der Waals surface area contributed by atoms with Crippen LogP contribution >= 0.6 is 0 Å². The monoisotopic (exact) mass is 272 g/mol. The van der Waals surface area contributed by atoms with Gasteiger partial charge in [0.25, 0.3) is 0 Å². The SMILES string of the molecule is CC(C)(C)OCCO[C@@H]1CCC[C@@H](OC(C)(C)C)C1. The second-order valence-corrected chi connectivity index (χ2v) is 7.47. The van der Waals surface area contributed by atoms with E-state index in [0.29, 0.717) is 25.4 Å². The maximum atomic E-state index is 6.06. The summed E-state index contributed by atoms with van der Waals surface area (Å²) >= 11 is 0. The molecule has 0 unspecified atom stereocenters. The summed E-state index contributed by atoms with van der Waals surface area (Å²) in [4.78, 5) is 0. The summed E-state index contributed by atoms with van der Waals surface area (Å²) in [6.07, 6.45) is 5.22. The standard InChI is InChI=1S/C16H32O3/c1-15(2,3)18-11-10-17-13-8-7-9-14(12-13)19-16(4,5)6/h13-14H,7-12H2,1-6H3/t13-,14-/m1/s1. The smallest absolute Gasteiger partial charge is 0.0707 e. The van der Waals surface area contributed by atoms with Gasteiger partial charge in [0.15, 0.2) is 0 Å². The van der Waals surface area contributed by atoms with Crippen LogP contribution in [-0.2, 0) is 14.2 Å². The van der Waals surface area contributed by atoms with Gasteiger partial charge in [-0.25, -0.2) is 0 Å². The Labute approximate surface area is 119 Å². The molecule has 3 nitrogen and oxygen atoms in total. The molecule has 0 heterocycles. The molecule has 1 aliphatic carbocycles. The van der Waals surface area contributed by atoms with Crippen molar-refractivity contribution in [1.82, 2.24) is 0 Å². The van der Waals surface area contributed by atoms with Gasteiger partial charge in [0.05, 0.1) is 36.6 Å². The van der Waals surface area contributed by atoms with E-state index in [0.717, 1.165) is 19.3 Å². The molecule has 0 amide bonds. The topological polar surface area (TPSA) is 27.7 Å². The highest BCUT2D eigenvalue weighted by Crippen LogP contribution is 2.26. The number of rotatable bonds is 5. The van der Waals surface area contributed by atoms with Crippen LogP contribution in [0.15, 0.2) is 0 Å². The molecule has 0 saturated heterocycles. The fraction of sp³-hybridized carbons (Fsp3) is 1.00. The molecule has 19 heavy (non-hydrogen) atoms. The molecule has 3 heteroatoms. The van der Waals surface area contributed by atoms with Crippen molar-refractivity contribution < 1.29 is 14.2 Å². The lowest BCUT2D eigenvalue weighted by atomic mass is 9.94. The molecule has 1 saturated carbocycles. The van der Waals surface area contributed by atoms with Gasteiger partial charge in [-0.15, -0.1) is 0 Å². The minimum absolute atomic E-state index is 0.0537. The first-order chi connectivity index (χ1) is 8.66. The van der Waals surface area contributed by atoms with E-state index < -0.39 is 0 Å². The van der Waals surface area contributed by atoms with Crippen LogP contribution in [0.4, 0.5) is 0 Å². The molecule has 1 aliphatic rings. The van der Waals surface area contributed by atoms with Crippen LogP contribution in [0.25, 0.3) is 0 Å². The highest BCUT2D eigenvalue weighted by Gasteiger charge is 2.26. The summed E-state index contributed by atoms with van der Waals surface area (Å²) in [5.41, 5.74) is -0.129. The quantitative estimate of drug-likeness (QED) is 0.709. The van der Waals surface area contributed by atoms with E-state index in [-0.39, 0.29) is 11.2 Å². The Kier molecular flexibility index (Phi) is 6.28. The zero-order valence-electron chi connectivity index (χ0n) is 13.6. The molecule has 0 radical (unpaired) electrons. The zero-order chi connectivity index (χ0) is 14.5. The van der Waals surface area contributed by atoms with E-state index in [1.54, 1.807) is 0 Å². The minimum Gasteiger partial charge on any atom is -0.376 e. The maximum Gasteiger partial charge on any atom is 0.0707 e. The summed E-state index contributed by atoms with van der Waals surface area (Å²) in [7, 11) is 0. The van der Waals surface area contributed by atoms with Crippen molar-refractivity contribution in [3.63, 3.8) is 0 Å². The highest BCUT2D eigenvalue weighted by atomic mass is 16.5. The molecule has 0 bridgehead atoms. The van der Waals surface area contributed by atoms with Gasteiger partial charge in [0, 0.05) is 0 Å². The van der Waals surface area contributed by atoms with Crippen molar-refractivity contribution in [3.05, 3.63) is 0 Å². The highest BCUT2D eigenvalue weighted by molar-refractivity contribution is 4.76. The second kappa shape index (κ2) is 7.05. The van der Waals surface area contributed by atoms with Crippen LogP contribution in [0.3, 0.4) is 0 Å². The number of hydrogen-bond donors (Lipinski definition) is 0. The molecule has 0 aromatic heterocycles. The van der Waals surface area contributed by atoms with Crippen LogP contribution in [0.2, 0.25) is 0 Å². The number of hydrogen-bond acceptors (Lipinski definition) is 3. The van der Waals surface area contributed by atoms with Crippen molar-refractivity contribution in [3.8, 4) is 0 Å². The maximum absolute atomic E-state index is 6.06. The van der Waals surface area contributed by atoms with Gasteiger partial charge >= 0.3 is 0 Å². The van der Waals surface area contributed by atoms with Crippen molar-refractivity contribution in [2.24, 2.45) is 0 Å². The lowest BCUT2D eigenvalue weighted by Gasteiger charge is -2.34. The normalized spacial score (nSPS) is 25.6. The van der Waals surface area contributed by atoms with Gasteiger partial charge in [0.2, 0.25) is 0 Å². The third kappa shape index (κ3) is 8.61. The van der Waals surface area contributed by atoms with Crippen molar-refractivity contribution in [2.75, 3.05) is 13.2 Å². The van der Waals surface area contributed by atoms with Gasteiger partial charge in [0.1, 0.15) is 0 Å². The van der Waals surface area contributed by atoms with Gasteiger partial charge in [-0.1, -0.05) is 0 Å². The van der Waals surface area contributed by atoms with Gasteiger partial charge in [-0.2, -0.15) is 0 Å². The summed E-state index contributed by atoms with van der Waals surface area (Å²) in [6, 6.07) is 0. The third-order valence-corrected chi connectivity index (χ3v) is 3.07. The summed E-state index contributed by atoms with van der Waals surface area (Å²) in [5.74, 6) is 0. The van der Waals surface area contributed by atoms with Crippen molar-refractivity contribution in [1.29, 1.82) is 0 Å². The fourth-order valence-electron chi connectivity index (χ4n) is 2.42. The molecular formula is C16H32O3. The van der Waals surface area contributed by atoms with E-state index in [2.05, 4.69) is 41.5 Å². The molecule has 0 N–H and O–H groups in total. The first kappa shape index (κ1) is 16.9. The molecule has 0 aromatic carbocycles. The van der Waals surface area contributed by atoms with E-state index >= 15 is 0 Å². The van der Waals surface area contributed by atoms with E-state index in [4.69, 9.17) is 14.2 Å². The lowest BCUT2D eigenvalue weighted by Crippen LogP contribution is -2.34. The summed E-state index contributed by atoms with van der Waals surface area (Å²) in [6.45, 7) is 13.9. The van der Waals surface area contributed by atoms with Gasteiger partial charge in [-0.05, 0) is 67.2 Å². The van der Waals surface area contributed by atoms with E-state index in [1.165, 1.54) is 6.42 Å². The molecule has 0 aliphatic heterocycles. The summed E-state index contributed by atoms with van der Waals surface area (Å²) < 4.78 is 17.6.